The number of carbonyl (C=O) groups is 1. The van der Waals surface area contributed by atoms with E-state index in [2.05, 4.69) is 20.1 Å². The summed E-state index contributed by atoms with van der Waals surface area (Å²) in [6, 6.07) is 3.78. The molecule has 7 nitrogen and oxygen atoms in total. The van der Waals surface area contributed by atoms with E-state index < -0.39 is 0 Å². The molecule has 7 heteroatoms. The lowest BCUT2D eigenvalue weighted by molar-refractivity contribution is -0.131. The number of amides is 1. The fraction of sp³-hybridized carbons (Fsp3) is 0.421. The van der Waals surface area contributed by atoms with Crippen molar-refractivity contribution in [3.05, 3.63) is 41.5 Å². The molecule has 0 radical (unpaired) electrons. The summed E-state index contributed by atoms with van der Waals surface area (Å²) in [6.45, 7) is 5.63. The van der Waals surface area contributed by atoms with Crippen LogP contribution in [0.4, 0.5) is 0 Å². The van der Waals surface area contributed by atoms with Gasteiger partial charge >= 0.3 is 0 Å². The number of fused-ring (bicyclic) bond motifs is 1. The van der Waals surface area contributed by atoms with Crippen LogP contribution in [0.15, 0.2) is 24.5 Å². The molecular formula is C19H22N6O. The van der Waals surface area contributed by atoms with Gasteiger partial charge in [-0.25, -0.2) is 9.50 Å². The molecule has 4 rings (SSSR count). The van der Waals surface area contributed by atoms with Crippen molar-refractivity contribution in [2.75, 3.05) is 13.1 Å². The van der Waals surface area contributed by atoms with Crippen LogP contribution in [-0.4, -0.2) is 48.5 Å². The van der Waals surface area contributed by atoms with Gasteiger partial charge in [-0.1, -0.05) is 0 Å². The molecule has 0 saturated carbocycles. The normalized spacial score (nSPS) is 14.8. The van der Waals surface area contributed by atoms with Gasteiger partial charge < -0.3 is 4.90 Å². The van der Waals surface area contributed by atoms with E-state index >= 15 is 0 Å². The lowest BCUT2D eigenvalue weighted by Crippen LogP contribution is -2.37. The maximum absolute atomic E-state index is 12.7. The van der Waals surface area contributed by atoms with Crippen molar-refractivity contribution < 1.29 is 4.79 Å². The maximum Gasteiger partial charge on any atom is 0.253 e. The van der Waals surface area contributed by atoms with E-state index in [-0.39, 0.29) is 5.91 Å². The van der Waals surface area contributed by atoms with Gasteiger partial charge in [0.15, 0.2) is 5.82 Å². The van der Waals surface area contributed by atoms with Gasteiger partial charge in [-0.05, 0) is 45.2 Å². The smallest absolute Gasteiger partial charge is 0.253 e. The number of likely N-dealkylation sites (tertiary alicyclic amines) is 1. The highest BCUT2D eigenvalue weighted by atomic mass is 16.2. The van der Waals surface area contributed by atoms with Crippen molar-refractivity contribution in [1.82, 2.24) is 29.5 Å². The first-order valence-corrected chi connectivity index (χ1v) is 9.04. The molecule has 0 aliphatic carbocycles. The highest BCUT2D eigenvalue weighted by molar-refractivity contribution is 5.79. The summed E-state index contributed by atoms with van der Waals surface area (Å²) in [5.74, 6) is 1.31. The van der Waals surface area contributed by atoms with Crippen LogP contribution < -0.4 is 0 Å². The van der Waals surface area contributed by atoms with Gasteiger partial charge in [0.1, 0.15) is 0 Å². The van der Waals surface area contributed by atoms with Gasteiger partial charge in [0.2, 0.25) is 5.91 Å². The first-order chi connectivity index (χ1) is 12.6. The minimum absolute atomic E-state index is 0.171. The molecule has 3 aromatic rings. The number of hydrogen-bond acceptors (Lipinski definition) is 5. The molecule has 1 fully saturated rings. The molecule has 0 bridgehead atoms. The fourth-order valence-electron chi connectivity index (χ4n) is 3.49. The van der Waals surface area contributed by atoms with Crippen molar-refractivity contribution >= 4 is 11.7 Å². The molecule has 1 saturated heterocycles. The second-order valence-corrected chi connectivity index (χ2v) is 6.77. The van der Waals surface area contributed by atoms with Gasteiger partial charge in [-0.15, -0.1) is 5.10 Å². The van der Waals surface area contributed by atoms with Gasteiger partial charge in [0, 0.05) is 48.0 Å². The molecule has 0 spiro atoms. The van der Waals surface area contributed by atoms with Crippen LogP contribution in [0.3, 0.4) is 0 Å². The Bertz CT molecular complexity index is 944. The van der Waals surface area contributed by atoms with E-state index in [1.165, 1.54) is 6.42 Å². The summed E-state index contributed by atoms with van der Waals surface area (Å²) in [5.41, 5.74) is 3.54. The molecule has 4 heterocycles. The van der Waals surface area contributed by atoms with E-state index in [1.54, 1.807) is 16.9 Å². The minimum Gasteiger partial charge on any atom is -0.342 e. The molecule has 1 aliphatic rings. The van der Waals surface area contributed by atoms with Crippen LogP contribution in [0.1, 0.15) is 36.2 Å². The van der Waals surface area contributed by atoms with Gasteiger partial charge in [0.25, 0.3) is 5.78 Å². The zero-order chi connectivity index (χ0) is 18.1. The molecule has 3 aromatic heterocycles. The van der Waals surface area contributed by atoms with Crippen LogP contribution >= 0.6 is 0 Å². The Morgan fingerprint density at radius 3 is 2.69 bits per heavy atom. The standard InChI is InChI=1S/C19H22N6O/c1-13-16(11-17(26)24-9-4-3-5-10-24)14(2)25-19(21-13)22-18(23-25)15-7-6-8-20-12-15/h6-8,12H,3-5,9-11H2,1-2H3. The zero-order valence-electron chi connectivity index (χ0n) is 15.1. The monoisotopic (exact) mass is 350 g/mol. The molecular weight excluding hydrogens is 328 g/mol. The third-order valence-corrected chi connectivity index (χ3v) is 5.01. The van der Waals surface area contributed by atoms with Crippen molar-refractivity contribution in [3.63, 3.8) is 0 Å². The van der Waals surface area contributed by atoms with Crippen LogP contribution in [0, 0.1) is 13.8 Å². The number of aryl methyl sites for hydroxylation is 2. The summed E-state index contributed by atoms with van der Waals surface area (Å²) in [5, 5.41) is 4.58. The lowest BCUT2D eigenvalue weighted by Gasteiger charge is -2.27. The lowest BCUT2D eigenvalue weighted by atomic mass is 10.1. The highest BCUT2D eigenvalue weighted by Crippen LogP contribution is 2.20. The number of piperidine rings is 1. The molecule has 0 aromatic carbocycles. The maximum atomic E-state index is 12.7. The molecule has 0 unspecified atom stereocenters. The summed E-state index contributed by atoms with van der Waals surface area (Å²) in [6.07, 6.45) is 7.22. The largest absolute Gasteiger partial charge is 0.342 e. The topological polar surface area (TPSA) is 76.3 Å². The average Bonchev–Trinajstić information content (AvgIpc) is 3.10. The summed E-state index contributed by atoms with van der Waals surface area (Å²) < 4.78 is 1.73. The fourth-order valence-corrected chi connectivity index (χ4v) is 3.49. The number of pyridine rings is 1. The Labute approximate surface area is 152 Å². The van der Waals surface area contributed by atoms with Gasteiger partial charge in [0.05, 0.1) is 6.42 Å². The van der Waals surface area contributed by atoms with Gasteiger partial charge in [-0.2, -0.15) is 4.98 Å². The Kier molecular flexibility index (Phi) is 4.36. The predicted molar refractivity (Wildman–Crippen MR) is 97.6 cm³/mol. The molecule has 1 amide bonds. The summed E-state index contributed by atoms with van der Waals surface area (Å²) >= 11 is 0. The molecule has 0 atom stereocenters. The van der Waals surface area contributed by atoms with Crippen LogP contribution in [0.25, 0.3) is 17.2 Å². The molecule has 26 heavy (non-hydrogen) atoms. The first kappa shape index (κ1) is 16.6. The number of rotatable bonds is 3. The third-order valence-electron chi connectivity index (χ3n) is 5.01. The van der Waals surface area contributed by atoms with Crippen LogP contribution in [-0.2, 0) is 11.2 Å². The van der Waals surface area contributed by atoms with E-state index in [1.807, 2.05) is 30.9 Å². The Balaban J connectivity index is 1.68. The summed E-state index contributed by atoms with van der Waals surface area (Å²) in [4.78, 5) is 27.9. The van der Waals surface area contributed by atoms with Crippen molar-refractivity contribution in [1.29, 1.82) is 0 Å². The second kappa shape index (κ2) is 6.82. The highest BCUT2D eigenvalue weighted by Gasteiger charge is 2.21. The predicted octanol–water partition coefficient (Wildman–Crippen LogP) is 2.36. The van der Waals surface area contributed by atoms with Crippen molar-refractivity contribution in [3.8, 4) is 11.4 Å². The first-order valence-electron chi connectivity index (χ1n) is 9.04. The zero-order valence-corrected chi connectivity index (χ0v) is 15.1. The average molecular weight is 350 g/mol. The number of nitrogens with zero attached hydrogens (tertiary/aromatic N) is 6. The molecule has 134 valence electrons. The van der Waals surface area contributed by atoms with E-state index in [0.29, 0.717) is 18.0 Å². The second-order valence-electron chi connectivity index (χ2n) is 6.77. The molecule has 1 aliphatic heterocycles. The van der Waals surface area contributed by atoms with Crippen LogP contribution in [0.2, 0.25) is 0 Å². The van der Waals surface area contributed by atoms with Crippen molar-refractivity contribution in [2.24, 2.45) is 0 Å². The quantitative estimate of drug-likeness (QED) is 0.725. The Morgan fingerprint density at radius 1 is 1.15 bits per heavy atom. The number of carbonyl (C=O) groups excluding carboxylic acids is 1. The Hall–Kier alpha value is -2.83. The van der Waals surface area contributed by atoms with Crippen molar-refractivity contribution in [2.45, 2.75) is 39.5 Å². The summed E-state index contributed by atoms with van der Waals surface area (Å²) in [7, 11) is 0. The van der Waals surface area contributed by atoms with E-state index in [4.69, 9.17) is 0 Å². The minimum atomic E-state index is 0.171. The van der Waals surface area contributed by atoms with Gasteiger partial charge in [-0.3, -0.25) is 9.78 Å². The van der Waals surface area contributed by atoms with E-state index in [0.717, 1.165) is 48.4 Å². The third kappa shape index (κ3) is 3.05. The molecule has 0 N–H and O–H groups in total. The number of aromatic nitrogens is 5. The number of hydrogen-bond donors (Lipinski definition) is 0. The van der Waals surface area contributed by atoms with Crippen LogP contribution in [0.5, 0.6) is 0 Å². The Morgan fingerprint density at radius 2 is 1.96 bits per heavy atom. The van der Waals surface area contributed by atoms with E-state index in [9.17, 15) is 4.79 Å². The SMILES string of the molecule is Cc1nc2nc(-c3cccnc3)nn2c(C)c1CC(=O)N1CCCCC1.